The Balaban J connectivity index is 1.52. The van der Waals surface area contributed by atoms with E-state index in [0.717, 1.165) is 21.9 Å². The second-order valence-corrected chi connectivity index (χ2v) is 9.35. The summed E-state index contributed by atoms with van der Waals surface area (Å²) in [6.45, 7) is 1.32. The molecule has 5 rings (SSSR count). The van der Waals surface area contributed by atoms with Crippen molar-refractivity contribution in [2.24, 2.45) is 5.92 Å². The zero-order valence-corrected chi connectivity index (χ0v) is 20.4. The SMILES string of the molecule is Cc1cocc1C(=O)n1nc(C2C(C(F)(F)F)C(=O)N2C(=O)N2CCC(O)C2)cc1OCc1ccc(F)cc1. The number of ether oxygens (including phenoxy) is 1. The van der Waals surface area contributed by atoms with Gasteiger partial charge < -0.3 is 19.2 Å². The average molecular weight is 550 g/mol. The van der Waals surface area contributed by atoms with Gasteiger partial charge in [0.05, 0.1) is 23.6 Å². The molecule has 14 heteroatoms. The minimum Gasteiger partial charge on any atom is -0.473 e. The molecular weight excluding hydrogens is 528 g/mol. The first kappa shape index (κ1) is 26.4. The summed E-state index contributed by atoms with van der Waals surface area (Å²) >= 11 is 0. The molecule has 0 spiro atoms. The van der Waals surface area contributed by atoms with Gasteiger partial charge in [0.15, 0.2) is 5.92 Å². The Morgan fingerprint density at radius 1 is 1.21 bits per heavy atom. The molecule has 3 unspecified atom stereocenters. The number of benzene rings is 1. The number of aromatic nitrogens is 2. The Morgan fingerprint density at radius 3 is 2.51 bits per heavy atom. The highest BCUT2D eigenvalue weighted by Crippen LogP contribution is 2.49. The van der Waals surface area contributed by atoms with E-state index < -0.39 is 53.6 Å². The lowest BCUT2D eigenvalue weighted by Crippen LogP contribution is -2.64. The first-order chi connectivity index (χ1) is 18.5. The number of imide groups is 1. The number of nitrogens with zero attached hydrogens (tertiary/aromatic N) is 4. The molecule has 3 aromatic rings. The topological polar surface area (TPSA) is 118 Å². The van der Waals surface area contributed by atoms with Crippen LogP contribution in [0.25, 0.3) is 0 Å². The first-order valence-electron chi connectivity index (χ1n) is 11.9. The Hall–Kier alpha value is -4.20. The van der Waals surface area contributed by atoms with Gasteiger partial charge in [0.25, 0.3) is 5.91 Å². The lowest BCUT2D eigenvalue weighted by molar-refractivity contribution is -0.223. The maximum Gasteiger partial charge on any atom is 0.402 e. The second-order valence-electron chi connectivity index (χ2n) is 9.35. The van der Waals surface area contributed by atoms with E-state index in [1.165, 1.54) is 30.5 Å². The zero-order valence-electron chi connectivity index (χ0n) is 20.4. The number of urea groups is 1. The minimum atomic E-state index is -5.01. The summed E-state index contributed by atoms with van der Waals surface area (Å²) in [5.74, 6) is -5.56. The minimum absolute atomic E-state index is 0.0614. The van der Waals surface area contributed by atoms with Gasteiger partial charge in [0.1, 0.15) is 24.7 Å². The third-order valence-corrected chi connectivity index (χ3v) is 6.67. The third-order valence-electron chi connectivity index (χ3n) is 6.67. The van der Waals surface area contributed by atoms with Crippen molar-refractivity contribution in [1.29, 1.82) is 0 Å². The van der Waals surface area contributed by atoms with Crippen LogP contribution in [-0.4, -0.2) is 67.9 Å². The van der Waals surface area contributed by atoms with Crippen molar-refractivity contribution in [2.45, 2.75) is 38.3 Å². The van der Waals surface area contributed by atoms with Crippen molar-refractivity contribution in [3.05, 3.63) is 71.1 Å². The van der Waals surface area contributed by atoms with Crippen molar-refractivity contribution in [2.75, 3.05) is 13.1 Å². The Labute approximate surface area is 218 Å². The number of rotatable bonds is 5. The number of aliphatic hydroxyl groups excluding tert-OH is 1. The molecule has 0 bridgehead atoms. The van der Waals surface area contributed by atoms with Crippen LogP contribution >= 0.6 is 0 Å². The molecule has 0 saturated carbocycles. The first-order valence-corrected chi connectivity index (χ1v) is 11.9. The van der Waals surface area contributed by atoms with Gasteiger partial charge in [-0.05, 0) is 31.0 Å². The monoisotopic (exact) mass is 550 g/mol. The van der Waals surface area contributed by atoms with E-state index in [9.17, 15) is 37.1 Å². The summed E-state index contributed by atoms with van der Waals surface area (Å²) in [6.07, 6.45) is -3.21. The molecule has 10 nitrogen and oxygen atoms in total. The van der Waals surface area contributed by atoms with Gasteiger partial charge in [-0.2, -0.15) is 23.0 Å². The van der Waals surface area contributed by atoms with Crippen molar-refractivity contribution in [1.82, 2.24) is 19.6 Å². The quantitative estimate of drug-likeness (QED) is 0.382. The summed E-state index contributed by atoms with van der Waals surface area (Å²) in [4.78, 5) is 40.4. The molecule has 2 aliphatic rings. The molecular formula is C25H22F4N4O6. The number of alkyl halides is 3. The molecule has 2 aromatic heterocycles. The maximum absolute atomic E-state index is 13.9. The number of likely N-dealkylation sites (tertiary alicyclic amines) is 2. The predicted octanol–water partition coefficient (Wildman–Crippen LogP) is 3.44. The van der Waals surface area contributed by atoms with Gasteiger partial charge in [-0.15, -0.1) is 0 Å². The number of carbonyl (C=O) groups is 3. The van der Waals surface area contributed by atoms with Crippen molar-refractivity contribution in [3.8, 4) is 5.88 Å². The van der Waals surface area contributed by atoms with E-state index in [-0.39, 0.29) is 37.6 Å². The Morgan fingerprint density at radius 2 is 1.92 bits per heavy atom. The van der Waals surface area contributed by atoms with Gasteiger partial charge in [0, 0.05) is 24.7 Å². The van der Waals surface area contributed by atoms with Crippen LogP contribution in [0.1, 0.15) is 39.6 Å². The van der Waals surface area contributed by atoms with Crippen molar-refractivity contribution >= 4 is 17.8 Å². The van der Waals surface area contributed by atoms with Crippen LogP contribution in [-0.2, 0) is 11.4 Å². The molecule has 206 valence electrons. The van der Waals surface area contributed by atoms with Crippen LogP contribution in [0.4, 0.5) is 22.4 Å². The molecule has 2 saturated heterocycles. The number of halogens is 4. The average Bonchev–Trinajstić information content (AvgIpc) is 3.60. The highest BCUT2D eigenvalue weighted by Gasteiger charge is 2.65. The second kappa shape index (κ2) is 9.84. The maximum atomic E-state index is 13.9. The normalized spacial score (nSPS) is 21.3. The Bertz CT molecular complexity index is 1420. The van der Waals surface area contributed by atoms with Crippen LogP contribution in [0, 0.1) is 18.7 Å². The fourth-order valence-electron chi connectivity index (χ4n) is 4.60. The summed E-state index contributed by atoms with van der Waals surface area (Å²) in [7, 11) is 0. The molecule has 2 aliphatic heterocycles. The molecule has 1 N–H and O–H groups in total. The summed E-state index contributed by atoms with van der Waals surface area (Å²) in [5, 5.41) is 13.8. The molecule has 3 amide bonds. The number of furan rings is 1. The fraction of sp³-hybridized carbons (Fsp3) is 0.360. The molecule has 0 radical (unpaired) electrons. The van der Waals surface area contributed by atoms with Crippen molar-refractivity contribution < 1.29 is 46.2 Å². The third kappa shape index (κ3) is 4.87. The summed E-state index contributed by atoms with van der Waals surface area (Å²) in [6, 6.07) is 3.42. The highest BCUT2D eigenvalue weighted by molar-refractivity contribution is 6.02. The lowest BCUT2D eigenvalue weighted by atomic mass is 9.84. The number of carbonyl (C=O) groups excluding carboxylic acids is 3. The van der Waals surface area contributed by atoms with E-state index in [1.807, 2.05) is 0 Å². The Kier molecular flexibility index (Phi) is 6.66. The summed E-state index contributed by atoms with van der Waals surface area (Å²) in [5.41, 5.74) is 0.591. The van der Waals surface area contributed by atoms with E-state index in [2.05, 4.69) is 5.10 Å². The van der Waals surface area contributed by atoms with Crippen LogP contribution < -0.4 is 4.74 Å². The number of hydrogen-bond acceptors (Lipinski definition) is 7. The van der Waals surface area contributed by atoms with E-state index in [1.54, 1.807) is 6.92 Å². The standard InChI is InChI=1S/C25H22F4N4O6/c1-13-10-38-12-17(13)22(35)33-19(39-11-14-2-4-15(26)5-3-14)8-18(30-33)21-20(25(27,28)29)23(36)32(21)24(37)31-7-6-16(34)9-31/h2-5,8,10,12,16,20-21,34H,6-7,9,11H2,1H3. The van der Waals surface area contributed by atoms with E-state index in [4.69, 9.17) is 9.15 Å². The number of aliphatic hydroxyl groups is 1. The fourth-order valence-corrected chi connectivity index (χ4v) is 4.60. The van der Waals surface area contributed by atoms with Gasteiger partial charge in [-0.25, -0.2) is 9.18 Å². The van der Waals surface area contributed by atoms with E-state index >= 15 is 0 Å². The number of hydrogen-bond donors (Lipinski definition) is 1. The van der Waals surface area contributed by atoms with Crippen LogP contribution in [0.15, 0.2) is 47.3 Å². The van der Waals surface area contributed by atoms with Gasteiger partial charge in [-0.1, -0.05) is 12.1 Å². The van der Waals surface area contributed by atoms with E-state index in [0.29, 0.717) is 16.0 Å². The molecule has 3 atom stereocenters. The molecule has 39 heavy (non-hydrogen) atoms. The molecule has 2 fully saturated rings. The lowest BCUT2D eigenvalue weighted by Gasteiger charge is -2.46. The molecule has 1 aromatic carbocycles. The number of β-lactam (4-membered cyclic amide) rings is 1. The smallest absolute Gasteiger partial charge is 0.402 e. The largest absolute Gasteiger partial charge is 0.473 e. The zero-order chi connectivity index (χ0) is 28.1. The number of amides is 3. The molecule has 4 heterocycles. The van der Waals surface area contributed by atoms with Gasteiger partial charge in [-0.3, -0.25) is 14.5 Å². The van der Waals surface area contributed by atoms with Crippen LogP contribution in [0.3, 0.4) is 0 Å². The number of aryl methyl sites for hydroxylation is 1. The van der Waals surface area contributed by atoms with Crippen LogP contribution in [0.5, 0.6) is 5.88 Å². The van der Waals surface area contributed by atoms with Crippen LogP contribution in [0.2, 0.25) is 0 Å². The molecule has 0 aliphatic carbocycles. The summed E-state index contributed by atoms with van der Waals surface area (Å²) < 4.78 is 66.5. The predicted molar refractivity (Wildman–Crippen MR) is 123 cm³/mol. The van der Waals surface area contributed by atoms with Gasteiger partial charge in [0.2, 0.25) is 11.8 Å². The van der Waals surface area contributed by atoms with Crippen molar-refractivity contribution in [3.63, 3.8) is 0 Å². The van der Waals surface area contributed by atoms with Gasteiger partial charge >= 0.3 is 12.2 Å². The highest BCUT2D eigenvalue weighted by atomic mass is 19.4. The number of β-amino-alcohol motifs (C(OH)–C–C–N with tert-alkyl or cyclic N) is 1.